The molecule has 0 radical (unpaired) electrons. The monoisotopic (exact) mass is 510 g/mol. The number of hydrogen-bond donors (Lipinski definition) is 1. The summed E-state index contributed by atoms with van der Waals surface area (Å²) in [5, 5.41) is 4.23. The number of nitrogens with zero attached hydrogens (tertiary/aromatic N) is 1. The predicted molar refractivity (Wildman–Crippen MR) is 144 cm³/mol. The first-order chi connectivity index (χ1) is 16.8. The van der Waals surface area contributed by atoms with E-state index < -0.39 is 6.04 Å². The van der Waals surface area contributed by atoms with Crippen molar-refractivity contribution in [1.82, 2.24) is 10.2 Å². The molecule has 0 spiro atoms. The number of hydrogen-bond acceptors (Lipinski definition) is 2. The van der Waals surface area contributed by atoms with Crippen LogP contribution in [0.5, 0.6) is 0 Å². The highest BCUT2D eigenvalue weighted by atomic mass is 35.5. The first kappa shape index (κ1) is 26.8. The number of benzene rings is 3. The number of amides is 2. The summed E-state index contributed by atoms with van der Waals surface area (Å²) in [6, 6.07) is 24.0. The van der Waals surface area contributed by atoms with E-state index in [0.717, 1.165) is 16.7 Å². The van der Waals surface area contributed by atoms with Crippen LogP contribution in [-0.4, -0.2) is 29.3 Å². The Hall–Kier alpha value is -2.82. The van der Waals surface area contributed by atoms with Crippen LogP contribution in [0.1, 0.15) is 37.0 Å². The van der Waals surface area contributed by atoms with Gasteiger partial charge in [-0.2, -0.15) is 0 Å². The summed E-state index contributed by atoms with van der Waals surface area (Å²) in [5.74, 6) is 0.00966. The first-order valence-corrected chi connectivity index (χ1v) is 12.7. The Morgan fingerprint density at radius 2 is 1.40 bits per heavy atom. The van der Waals surface area contributed by atoms with Crippen LogP contribution in [0.15, 0.2) is 78.9 Å². The molecule has 0 fully saturated rings. The quantitative estimate of drug-likeness (QED) is 0.327. The van der Waals surface area contributed by atoms with Crippen molar-refractivity contribution in [3.63, 3.8) is 0 Å². The second kappa shape index (κ2) is 13.3. The average molecular weight is 511 g/mol. The van der Waals surface area contributed by atoms with E-state index >= 15 is 0 Å². The Kier molecular flexibility index (Phi) is 10.2. The normalized spacial score (nSPS) is 11.8. The molecule has 3 aromatic rings. The van der Waals surface area contributed by atoms with Crippen LogP contribution in [0.2, 0.25) is 10.0 Å². The molecule has 1 atom stereocenters. The van der Waals surface area contributed by atoms with Gasteiger partial charge in [0.2, 0.25) is 11.8 Å². The highest BCUT2D eigenvalue weighted by Gasteiger charge is 2.30. The van der Waals surface area contributed by atoms with Gasteiger partial charge in [0.15, 0.2) is 0 Å². The molecule has 3 rings (SSSR count). The zero-order valence-corrected chi connectivity index (χ0v) is 21.7. The van der Waals surface area contributed by atoms with Crippen molar-refractivity contribution >= 4 is 35.0 Å². The Morgan fingerprint density at radius 1 is 0.829 bits per heavy atom. The van der Waals surface area contributed by atoms with E-state index in [9.17, 15) is 9.59 Å². The van der Waals surface area contributed by atoms with E-state index in [1.165, 1.54) is 0 Å². The zero-order chi connectivity index (χ0) is 25.2. The average Bonchev–Trinajstić information content (AvgIpc) is 2.85. The van der Waals surface area contributed by atoms with Crippen molar-refractivity contribution in [1.29, 1.82) is 0 Å². The first-order valence-electron chi connectivity index (χ1n) is 11.9. The SMILES string of the molecule is CC(C)CNC(=O)C(Cc1ccccc1)N(Cc1ccccc1Cl)C(=O)CCc1ccccc1Cl. The Morgan fingerprint density at radius 3 is 2.00 bits per heavy atom. The molecule has 184 valence electrons. The molecule has 6 heteroatoms. The smallest absolute Gasteiger partial charge is 0.243 e. The molecule has 0 heterocycles. The van der Waals surface area contributed by atoms with Gasteiger partial charge >= 0.3 is 0 Å². The second-order valence-electron chi connectivity index (χ2n) is 9.05. The molecule has 4 nitrogen and oxygen atoms in total. The van der Waals surface area contributed by atoms with Gasteiger partial charge in [-0.1, -0.05) is 104 Å². The topological polar surface area (TPSA) is 49.4 Å². The standard InChI is InChI=1S/C29H32Cl2N2O2/c1-21(2)19-32-29(35)27(18-22-10-4-3-5-11-22)33(20-24-13-7-9-15-26(24)31)28(34)17-16-23-12-6-8-14-25(23)30/h3-15,21,27H,16-20H2,1-2H3,(H,32,35). The predicted octanol–water partition coefficient (Wildman–Crippen LogP) is 6.34. The van der Waals surface area contributed by atoms with E-state index in [-0.39, 0.29) is 24.8 Å². The van der Waals surface area contributed by atoms with E-state index in [4.69, 9.17) is 23.2 Å². The Balaban J connectivity index is 1.92. The summed E-state index contributed by atoms with van der Waals surface area (Å²) in [7, 11) is 0. The lowest BCUT2D eigenvalue weighted by Crippen LogP contribution is -2.51. The van der Waals surface area contributed by atoms with Crippen molar-refractivity contribution in [3.8, 4) is 0 Å². The molecule has 0 aliphatic rings. The van der Waals surface area contributed by atoms with Crippen molar-refractivity contribution < 1.29 is 9.59 Å². The van der Waals surface area contributed by atoms with Crippen molar-refractivity contribution in [2.24, 2.45) is 5.92 Å². The minimum absolute atomic E-state index is 0.120. The minimum atomic E-state index is -0.675. The third-order valence-corrected chi connectivity index (χ3v) is 6.56. The van der Waals surface area contributed by atoms with Crippen LogP contribution in [0.25, 0.3) is 0 Å². The number of carbonyl (C=O) groups excluding carboxylic acids is 2. The summed E-state index contributed by atoms with van der Waals surface area (Å²) >= 11 is 12.8. The highest BCUT2D eigenvalue weighted by Crippen LogP contribution is 2.23. The number of carbonyl (C=O) groups is 2. The van der Waals surface area contributed by atoms with Gasteiger partial charge in [-0.3, -0.25) is 9.59 Å². The lowest BCUT2D eigenvalue weighted by molar-refractivity contribution is -0.141. The number of aryl methyl sites for hydroxylation is 1. The molecule has 0 aliphatic carbocycles. The van der Waals surface area contributed by atoms with Gasteiger partial charge < -0.3 is 10.2 Å². The lowest BCUT2D eigenvalue weighted by Gasteiger charge is -2.32. The van der Waals surface area contributed by atoms with Crippen LogP contribution in [-0.2, 0) is 29.0 Å². The fourth-order valence-corrected chi connectivity index (χ4v) is 4.30. The molecule has 0 bridgehead atoms. The second-order valence-corrected chi connectivity index (χ2v) is 9.86. The highest BCUT2D eigenvalue weighted by molar-refractivity contribution is 6.31. The van der Waals surface area contributed by atoms with Gasteiger partial charge in [0.25, 0.3) is 0 Å². The molecule has 0 saturated carbocycles. The fraction of sp³-hybridized carbons (Fsp3) is 0.310. The molecule has 1 unspecified atom stereocenters. The van der Waals surface area contributed by atoms with Gasteiger partial charge in [-0.15, -0.1) is 0 Å². The van der Waals surface area contributed by atoms with Gasteiger partial charge in [0.05, 0.1) is 0 Å². The van der Waals surface area contributed by atoms with Crippen LogP contribution in [0.3, 0.4) is 0 Å². The number of rotatable bonds is 11. The van der Waals surface area contributed by atoms with Gasteiger partial charge in [0.1, 0.15) is 6.04 Å². The van der Waals surface area contributed by atoms with Crippen LogP contribution in [0.4, 0.5) is 0 Å². The summed E-state index contributed by atoms with van der Waals surface area (Å²) in [4.78, 5) is 28.8. The van der Waals surface area contributed by atoms with Gasteiger partial charge in [-0.05, 0) is 41.2 Å². The molecule has 1 N–H and O–H groups in total. The lowest BCUT2D eigenvalue weighted by atomic mass is 10.0. The summed E-state index contributed by atoms with van der Waals surface area (Å²) < 4.78 is 0. The minimum Gasteiger partial charge on any atom is -0.354 e. The summed E-state index contributed by atoms with van der Waals surface area (Å²) in [5.41, 5.74) is 2.69. The molecule has 0 saturated heterocycles. The molecule has 0 aliphatic heterocycles. The molecule has 3 aromatic carbocycles. The van der Waals surface area contributed by atoms with Crippen LogP contribution >= 0.6 is 23.2 Å². The Labute approximate surface area is 218 Å². The summed E-state index contributed by atoms with van der Waals surface area (Å²) in [6.45, 7) is 4.87. The third kappa shape index (κ3) is 8.12. The molecular formula is C29H32Cl2N2O2. The van der Waals surface area contributed by atoms with Gasteiger partial charge in [-0.25, -0.2) is 0 Å². The summed E-state index contributed by atoms with van der Waals surface area (Å²) in [6.07, 6.45) is 1.13. The van der Waals surface area contributed by atoms with Crippen LogP contribution in [0, 0.1) is 5.92 Å². The van der Waals surface area contributed by atoms with Crippen molar-refractivity contribution in [2.45, 2.75) is 45.7 Å². The molecule has 2 amide bonds. The van der Waals surface area contributed by atoms with Crippen molar-refractivity contribution in [2.75, 3.05) is 6.54 Å². The maximum atomic E-state index is 13.7. The number of halogens is 2. The largest absolute Gasteiger partial charge is 0.354 e. The maximum absolute atomic E-state index is 13.7. The fourth-order valence-electron chi connectivity index (χ4n) is 3.87. The molecular weight excluding hydrogens is 479 g/mol. The van der Waals surface area contributed by atoms with E-state index in [1.54, 1.807) is 11.0 Å². The number of nitrogens with one attached hydrogen (secondary N) is 1. The van der Waals surface area contributed by atoms with Gasteiger partial charge in [0, 0.05) is 36.0 Å². The molecule has 0 aromatic heterocycles. The van der Waals surface area contributed by atoms with Crippen LogP contribution < -0.4 is 5.32 Å². The van der Waals surface area contributed by atoms with E-state index in [0.29, 0.717) is 35.3 Å². The maximum Gasteiger partial charge on any atom is 0.243 e. The van der Waals surface area contributed by atoms with E-state index in [1.807, 2.05) is 86.6 Å². The zero-order valence-electron chi connectivity index (χ0n) is 20.2. The Bertz CT molecular complexity index is 1120. The third-order valence-electron chi connectivity index (χ3n) is 5.82. The van der Waals surface area contributed by atoms with E-state index in [2.05, 4.69) is 5.32 Å². The molecule has 35 heavy (non-hydrogen) atoms. The van der Waals surface area contributed by atoms with Crippen molar-refractivity contribution in [3.05, 3.63) is 106 Å².